The molecule has 2 nitrogen and oxygen atoms in total. The summed E-state index contributed by atoms with van der Waals surface area (Å²) in [6, 6.07) is 0. The summed E-state index contributed by atoms with van der Waals surface area (Å²) in [5.74, 6) is 1.91. The molecule has 0 spiro atoms. The van der Waals surface area contributed by atoms with Gasteiger partial charge in [-0.2, -0.15) is 0 Å². The molecule has 0 amide bonds. The van der Waals surface area contributed by atoms with Crippen molar-refractivity contribution >= 4 is 5.90 Å². The van der Waals surface area contributed by atoms with Crippen molar-refractivity contribution in [2.24, 2.45) is 10.9 Å². The maximum absolute atomic E-state index is 5.64. The van der Waals surface area contributed by atoms with Gasteiger partial charge in [0.15, 0.2) is 5.90 Å². The van der Waals surface area contributed by atoms with Crippen LogP contribution in [0.15, 0.2) is 17.1 Å². The van der Waals surface area contributed by atoms with E-state index >= 15 is 0 Å². The Morgan fingerprint density at radius 1 is 0.958 bits per heavy atom. The zero-order valence-corrected chi connectivity index (χ0v) is 16.2. The monoisotopic (exact) mass is 333 g/mol. The first-order valence-electron chi connectivity index (χ1n) is 10.5. The Balaban J connectivity index is 1.29. The molecule has 1 heterocycles. The van der Waals surface area contributed by atoms with Crippen molar-refractivity contribution in [3.05, 3.63) is 12.2 Å². The van der Waals surface area contributed by atoms with Crippen molar-refractivity contribution < 1.29 is 4.74 Å². The lowest BCUT2D eigenvalue weighted by Crippen LogP contribution is -2.17. The molecule has 1 aliphatic carbocycles. The Morgan fingerprint density at radius 2 is 1.58 bits per heavy atom. The molecule has 2 aliphatic rings. The number of aliphatic imine (C=N–C) groups is 1. The van der Waals surface area contributed by atoms with E-state index in [1.54, 1.807) is 0 Å². The summed E-state index contributed by atoms with van der Waals surface area (Å²) in [6.45, 7) is 5.05. The standard InChI is InChI=1S/C22H39NO/c1-22(2)19-24-21(23-22)18-12-10-8-6-4-3-5-7-9-11-15-20-16-13-14-17-20/h13,16,20H,3-12,14-15,17-19H2,1-2H3. The largest absolute Gasteiger partial charge is 0.478 e. The van der Waals surface area contributed by atoms with Crippen molar-refractivity contribution in [2.45, 2.75) is 109 Å². The van der Waals surface area contributed by atoms with Gasteiger partial charge in [0.25, 0.3) is 0 Å². The minimum Gasteiger partial charge on any atom is -0.478 e. The summed E-state index contributed by atoms with van der Waals surface area (Å²) < 4.78 is 5.64. The number of hydrogen-bond acceptors (Lipinski definition) is 2. The number of unbranched alkanes of at least 4 members (excludes halogenated alkanes) is 9. The van der Waals surface area contributed by atoms with Crippen LogP contribution in [0.3, 0.4) is 0 Å². The molecule has 2 rings (SSSR count). The van der Waals surface area contributed by atoms with E-state index in [9.17, 15) is 0 Å². The maximum Gasteiger partial charge on any atom is 0.183 e. The van der Waals surface area contributed by atoms with Gasteiger partial charge in [0.2, 0.25) is 0 Å². The molecule has 0 saturated heterocycles. The topological polar surface area (TPSA) is 21.6 Å². The van der Waals surface area contributed by atoms with Crippen LogP contribution in [0.5, 0.6) is 0 Å². The van der Waals surface area contributed by atoms with Gasteiger partial charge in [-0.05, 0) is 45.4 Å². The molecule has 0 N–H and O–H groups in total. The van der Waals surface area contributed by atoms with Gasteiger partial charge in [-0.3, -0.25) is 0 Å². The molecule has 0 saturated carbocycles. The second-order valence-electron chi connectivity index (χ2n) is 8.45. The number of ether oxygens (including phenoxy) is 1. The smallest absolute Gasteiger partial charge is 0.183 e. The highest BCUT2D eigenvalue weighted by Crippen LogP contribution is 2.23. The van der Waals surface area contributed by atoms with Crippen LogP contribution in [-0.2, 0) is 4.74 Å². The Kier molecular flexibility index (Phi) is 8.91. The number of rotatable bonds is 13. The Bertz CT molecular complexity index is 397. The zero-order chi connectivity index (χ0) is 17.1. The lowest BCUT2D eigenvalue weighted by molar-refractivity contribution is 0.273. The van der Waals surface area contributed by atoms with Gasteiger partial charge < -0.3 is 4.74 Å². The minimum absolute atomic E-state index is 0.0170. The molecule has 24 heavy (non-hydrogen) atoms. The van der Waals surface area contributed by atoms with Crippen molar-refractivity contribution in [1.29, 1.82) is 0 Å². The summed E-state index contributed by atoms with van der Waals surface area (Å²) >= 11 is 0. The predicted molar refractivity (Wildman–Crippen MR) is 105 cm³/mol. The van der Waals surface area contributed by atoms with Gasteiger partial charge in [-0.25, -0.2) is 4.99 Å². The van der Waals surface area contributed by atoms with Crippen molar-refractivity contribution in [2.75, 3.05) is 6.61 Å². The summed E-state index contributed by atoms with van der Waals surface area (Å²) in [7, 11) is 0. The molecular weight excluding hydrogens is 294 g/mol. The van der Waals surface area contributed by atoms with E-state index in [4.69, 9.17) is 4.74 Å². The average molecular weight is 334 g/mol. The molecule has 0 radical (unpaired) electrons. The predicted octanol–water partition coefficient (Wildman–Crippen LogP) is 6.84. The number of nitrogens with zero attached hydrogens (tertiary/aromatic N) is 1. The quantitative estimate of drug-likeness (QED) is 0.267. The van der Waals surface area contributed by atoms with Crippen molar-refractivity contribution in [3.8, 4) is 0 Å². The van der Waals surface area contributed by atoms with Crippen LogP contribution < -0.4 is 0 Å². The van der Waals surface area contributed by atoms with Gasteiger partial charge >= 0.3 is 0 Å². The normalized spacial score (nSPS) is 21.9. The number of allylic oxidation sites excluding steroid dienone is 2. The van der Waals surface area contributed by atoms with E-state index in [1.807, 2.05) is 0 Å². The third-order valence-electron chi connectivity index (χ3n) is 5.35. The van der Waals surface area contributed by atoms with Gasteiger partial charge in [0.05, 0.1) is 5.54 Å². The SMILES string of the molecule is CC1(C)COC(CCCCCCCCCCCCC2C=CCC2)=N1. The summed E-state index contributed by atoms with van der Waals surface area (Å²) in [6.07, 6.45) is 24.0. The molecule has 0 bridgehead atoms. The Labute approximate surface area is 150 Å². The Morgan fingerprint density at radius 3 is 2.12 bits per heavy atom. The van der Waals surface area contributed by atoms with Crippen LogP contribution in [0.1, 0.15) is 104 Å². The van der Waals surface area contributed by atoms with E-state index < -0.39 is 0 Å². The highest BCUT2D eigenvalue weighted by Gasteiger charge is 2.25. The van der Waals surface area contributed by atoms with Crippen molar-refractivity contribution in [3.63, 3.8) is 0 Å². The highest BCUT2D eigenvalue weighted by atomic mass is 16.5. The molecule has 138 valence electrons. The molecule has 0 fully saturated rings. The van der Waals surface area contributed by atoms with E-state index in [-0.39, 0.29) is 5.54 Å². The fourth-order valence-electron chi connectivity index (χ4n) is 3.82. The van der Waals surface area contributed by atoms with Gasteiger partial charge in [0.1, 0.15) is 6.61 Å². The third-order valence-corrected chi connectivity index (χ3v) is 5.35. The molecule has 2 heteroatoms. The first-order valence-corrected chi connectivity index (χ1v) is 10.5. The molecule has 0 aromatic heterocycles. The second-order valence-corrected chi connectivity index (χ2v) is 8.45. The van der Waals surface area contributed by atoms with E-state index in [2.05, 4.69) is 31.0 Å². The van der Waals surface area contributed by atoms with Crippen LogP contribution in [-0.4, -0.2) is 18.0 Å². The van der Waals surface area contributed by atoms with Gasteiger partial charge in [-0.15, -0.1) is 0 Å². The molecule has 0 aromatic rings. The molecular formula is C22H39NO. The van der Waals surface area contributed by atoms with E-state index in [1.165, 1.54) is 83.5 Å². The second kappa shape index (κ2) is 10.9. The van der Waals surface area contributed by atoms with Crippen LogP contribution in [0.25, 0.3) is 0 Å². The maximum atomic E-state index is 5.64. The Hall–Kier alpha value is -0.790. The van der Waals surface area contributed by atoms with Crippen molar-refractivity contribution in [1.82, 2.24) is 0 Å². The van der Waals surface area contributed by atoms with Crippen LogP contribution >= 0.6 is 0 Å². The fourth-order valence-corrected chi connectivity index (χ4v) is 3.82. The van der Waals surface area contributed by atoms with Gasteiger partial charge in [-0.1, -0.05) is 69.9 Å². The van der Waals surface area contributed by atoms with Crippen LogP contribution in [0.4, 0.5) is 0 Å². The first-order chi connectivity index (χ1) is 11.7. The zero-order valence-electron chi connectivity index (χ0n) is 16.2. The van der Waals surface area contributed by atoms with Crippen LogP contribution in [0.2, 0.25) is 0 Å². The van der Waals surface area contributed by atoms with Gasteiger partial charge in [0, 0.05) is 6.42 Å². The molecule has 1 aliphatic heterocycles. The summed E-state index contributed by atoms with van der Waals surface area (Å²) in [5, 5.41) is 0. The summed E-state index contributed by atoms with van der Waals surface area (Å²) in [4.78, 5) is 4.62. The lowest BCUT2D eigenvalue weighted by Gasteiger charge is -2.07. The fraction of sp³-hybridized carbons (Fsp3) is 0.864. The lowest BCUT2D eigenvalue weighted by atomic mass is 9.99. The highest BCUT2D eigenvalue weighted by molar-refractivity contribution is 5.78. The first kappa shape index (κ1) is 19.5. The van der Waals surface area contributed by atoms with E-state index in [0.717, 1.165) is 24.8 Å². The molecule has 1 atom stereocenters. The molecule has 1 unspecified atom stereocenters. The van der Waals surface area contributed by atoms with Crippen LogP contribution in [0, 0.1) is 5.92 Å². The number of hydrogen-bond donors (Lipinski definition) is 0. The summed E-state index contributed by atoms with van der Waals surface area (Å²) in [5.41, 5.74) is 0.0170. The van der Waals surface area contributed by atoms with E-state index in [0.29, 0.717) is 0 Å². The minimum atomic E-state index is 0.0170. The third kappa shape index (κ3) is 8.35. The molecule has 0 aromatic carbocycles. The average Bonchev–Trinajstić information content (AvgIpc) is 3.18.